The average Bonchev–Trinajstić information content (AvgIpc) is 3.05. The van der Waals surface area contributed by atoms with Crippen LogP contribution in [0.15, 0.2) is 29.6 Å². The molecule has 5 nitrogen and oxygen atoms in total. The first-order valence-electron chi connectivity index (χ1n) is 8.26. The number of nitrogens with zero attached hydrogens (tertiary/aromatic N) is 2. The molecule has 1 amide bonds. The first kappa shape index (κ1) is 16.9. The predicted molar refractivity (Wildman–Crippen MR) is 97.6 cm³/mol. The number of aromatic nitrogens is 1. The number of hydrogen-bond donors (Lipinski definition) is 1. The van der Waals surface area contributed by atoms with E-state index in [1.807, 2.05) is 29.6 Å². The summed E-state index contributed by atoms with van der Waals surface area (Å²) in [5.74, 6) is 1.61. The van der Waals surface area contributed by atoms with Gasteiger partial charge in [0.25, 0.3) is 0 Å². The lowest BCUT2D eigenvalue weighted by Crippen LogP contribution is -2.38. The lowest BCUT2D eigenvalue weighted by atomic mass is 9.99. The van der Waals surface area contributed by atoms with E-state index in [2.05, 4.69) is 22.1 Å². The third kappa shape index (κ3) is 4.33. The van der Waals surface area contributed by atoms with E-state index in [0.717, 1.165) is 36.0 Å². The van der Waals surface area contributed by atoms with Gasteiger partial charge in [0.1, 0.15) is 5.75 Å². The van der Waals surface area contributed by atoms with Gasteiger partial charge in [-0.15, -0.1) is 11.3 Å². The topological polar surface area (TPSA) is 54.5 Å². The van der Waals surface area contributed by atoms with Crippen molar-refractivity contribution in [2.75, 3.05) is 32.1 Å². The van der Waals surface area contributed by atoms with Crippen LogP contribution in [0.1, 0.15) is 19.8 Å². The molecule has 1 N–H and O–H groups in total. The Balaban J connectivity index is 1.56. The Hall–Kier alpha value is -1.92. The fourth-order valence-electron chi connectivity index (χ4n) is 2.81. The lowest BCUT2D eigenvalue weighted by molar-refractivity contribution is -0.117. The van der Waals surface area contributed by atoms with E-state index >= 15 is 0 Å². The highest BCUT2D eigenvalue weighted by atomic mass is 32.1. The number of amides is 1. The fraction of sp³-hybridized carbons (Fsp3) is 0.444. The van der Waals surface area contributed by atoms with Gasteiger partial charge in [-0.25, -0.2) is 4.98 Å². The Bertz CT molecular complexity index is 676. The molecular weight excluding hydrogens is 322 g/mol. The number of thiazole rings is 1. The van der Waals surface area contributed by atoms with Crippen LogP contribution >= 0.6 is 11.3 Å². The molecule has 1 aromatic carbocycles. The molecule has 1 aromatic heterocycles. The number of benzene rings is 1. The molecule has 24 heavy (non-hydrogen) atoms. The van der Waals surface area contributed by atoms with Crippen LogP contribution in [0, 0.1) is 5.92 Å². The summed E-state index contributed by atoms with van der Waals surface area (Å²) in [6, 6.07) is 7.75. The number of rotatable bonds is 5. The van der Waals surface area contributed by atoms with Gasteiger partial charge in [-0.2, -0.15) is 0 Å². The number of ether oxygens (including phenoxy) is 1. The SMILES string of the molecule is COc1ccc(-c2csc(NC(=O)CN3CCC(C)CC3)n2)cc1. The molecule has 1 fully saturated rings. The van der Waals surface area contributed by atoms with Crippen molar-refractivity contribution in [2.24, 2.45) is 5.92 Å². The maximum Gasteiger partial charge on any atom is 0.240 e. The van der Waals surface area contributed by atoms with E-state index in [4.69, 9.17) is 4.74 Å². The third-order valence-electron chi connectivity index (χ3n) is 4.38. The molecule has 0 aliphatic carbocycles. The second-order valence-corrected chi connectivity index (χ2v) is 7.13. The van der Waals surface area contributed by atoms with Gasteiger partial charge in [0.2, 0.25) is 5.91 Å². The summed E-state index contributed by atoms with van der Waals surface area (Å²) in [5.41, 5.74) is 1.88. The molecule has 0 spiro atoms. The number of hydrogen-bond acceptors (Lipinski definition) is 5. The molecule has 6 heteroatoms. The highest BCUT2D eigenvalue weighted by Crippen LogP contribution is 2.26. The van der Waals surface area contributed by atoms with Crippen LogP contribution in [0.3, 0.4) is 0 Å². The van der Waals surface area contributed by atoms with Gasteiger partial charge in [-0.05, 0) is 56.1 Å². The summed E-state index contributed by atoms with van der Waals surface area (Å²) < 4.78 is 5.16. The average molecular weight is 345 g/mol. The zero-order valence-electron chi connectivity index (χ0n) is 14.1. The second kappa shape index (κ2) is 7.77. The lowest BCUT2D eigenvalue weighted by Gasteiger charge is -2.29. The van der Waals surface area contributed by atoms with Crippen LogP contribution in [-0.2, 0) is 4.79 Å². The zero-order valence-corrected chi connectivity index (χ0v) is 14.9. The van der Waals surface area contributed by atoms with Gasteiger partial charge in [-0.3, -0.25) is 9.69 Å². The van der Waals surface area contributed by atoms with Gasteiger partial charge in [0.15, 0.2) is 5.13 Å². The minimum atomic E-state index is 0.0141. The van der Waals surface area contributed by atoms with Crippen molar-refractivity contribution in [3.63, 3.8) is 0 Å². The minimum absolute atomic E-state index is 0.0141. The molecule has 3 rings (SSSR count). The smallest absolute Gasteiger partial charge is 0.240 e. The van der Waals surface area contributed by atoms with E-state index in [9.17, 15) is 4.79 Å². The van der Waals surface area contributed by atoms with E-state index in [1.54, 1.807) is 7.11 Å². The summed E-state index contributed by atoms with van der Waals surface area (Å²) >= 11 is 1.45. The number of carbonyl (C=O) groups excluding carboxylic acids is 1. The molecule has 2 heterocycles. The maximum atomic E-state index is 12.2. The molecule has 0 bridgehead atoms. The largest absolute Gasteiger partial charge is 0.497 e. The molecule has 1 aliphatic heterocycles. The van der Waals surface area contributed by atoms with E-state index < -0.39 is 0 Å². The van der Waals surface area contributed by atoms with Crippen LogP contribution in [0.2, 0.25) is 0 Å². The monoisotopic (exact) mass is 345 g/mol. The first-order chi connectivity index (χ1) is 11.6. The second-order valence-electron chi connectivity index (χ2n) is 6.27. The van der Waals surface area contributed by atoms with Crippen molar-refractivity contribution in [1.29, 1.82) is 0 Å². The number of methoxy groups -OCH3 is 1. The Morgan fingerprint density at radius 3 is 2.71 bits per heavy atom. The number of piperidine rings is 1. The van der Waals surface area contributed by atoms with E-state index in [0.29, 0.717) is 11.7 Å². The number of carbonyl (C=O) groups is 1. The zero-order chi connectivity index (χ0) is 16.9. The Kier molecular flexibility index (Phi) is 5.48. The maximum absolute atomic E-state index is 12.2. The number of anilines is 1. The van der Waals surface area contributed by atoms with Crippen LogP contribution in [0.5, 0.6) is 5.75 Å². The Morgan fingerprint density at radius 1 is 1.33 bits per heavy atom. The minimum Gasteiger partial charge on any atom is -0.497 e. The molecule has 0 saturated carbocycles. The van der Waals surface area contributed by atoms with Gasteiger partial charge in [-0.1, -0.05) is 6.92 Å². The third-order valence-corrected chi connectivity index (χ3v) is 5.14. The molecule has 0 unspecified atom stereocenters. The van der Waals surface area contributed by atoms with Crippen LogP contribution < -0.4 is 10.1 Å². The first-order valence-corrected chi connectivity index (χ1v) is 9.14. The quantitative estimate of drug-likeness (QED) is 0.901. The van der Waals surface area contributed by atoms with E-state index in [-0.39, 0.29) is 5.91 Å². The molecule has 1 aliphatic rings. The number of likely N-dealkylation sites (tertiary alicyclic amines) is 1. The molecule has 0 atom stereocenters. The molecule has 0 radical (unpaired) electrons. The summed E-state index contributed by atoms with van der Waals surface area (Å²) in [7, 11) is 1.65. The Morgan fingerprint density at radius 2 is 2.04 bits per heavy atom. The van der Waals surface area contributed by atoms with Crippen molar-refractivity contribution in [1.82, 2.24) is 9.88 Å². The Labute approximate surface area is 146 Å². The van der Waals surface area contributed by atoms with Crippen LogP contribution in [0.4, 0.5) is 5.13 Å². The molecule has 128 valence electrons. The summed E-state index contributed by atoms with van der Waals surface area (Å²) in [5, 5.41) is 5.52. The summed E-state index contributed by atoms with van der Waals surface area (Å²) in [6.45, 7) is 4.73. The van der Waals surface area contributed by atoms with Crippen molar-refractivity contribution in [3.05, 3.63) is 29.6 Å². The highest BCUT2D eigenvalue weighted by molar-refractivity contribution is 7.14. The fourth-order valence-corrected chi connectivity index (χ4v) is 3.54. The summed E-state index contributed by atoms with van der Waals surface area (Å²) in [6.07, 6.45) is 2.35. The summed E-state index contributed by atoms with van der Waals surface area (Å²) in [4.78, 5) is 18.9. The number of nitrogens with one attached hydrogen (secondary N) is 1. The van der Waals surface area contributed by atoms with E-state index in [1.165, 1.54) is 24.2 Å². The standard InChI is InChI=1S/C18H23N3O2S/c1-13-7-9-21(10-8-13)11-17(22)20-18-19-16(12-24-18)14-3-5-15(23-2)6-4-14/h3-6,12-13H,7-11H2,1-2H3,(H,19,20,22). The highest BCUT2D eigenvalue weighted by Gasteiger charge is 2.18. The van der Waals surface area contributed by atoms with Crippen LogP contribution in [-0.4, -0.2) is 42.5 Å². The van der Waals surface area contributed by atoms with Gasteiger partial charge >= 0.3 is 0 Å². The van der Waals surface area contributed by atoms with Gasteiger partial charge in [0, 0.05) is 10.9 Å². The van der Waals surface area contributed by atoms with Crippen LogP contribution in [0.25, 0.3) is 11.3 Å². The van der Waals surface area contributed by atoms with Gasteiger partial charge < -0.3 is 10.1 Å². The predicted octanol–water partition coefficient (Wildman–Crippen LogP) is 3.49. The van der Waals surface area contributed by atoms with Crippen molar-refractivity contribution >= 4 is 22.4 Å². The van der Waals surface area contributed by atoms with Crippen molar-refractivity contribution in [2.45, 2.75) is 19.8 Å². The molecule has 1 saturated heterocycles. The normalized spacial score (nSPS) is 16.1. The van der Waals surface area contributed by atoms with Crippen molar-refractivity contribution < 1.29 is 9.53 Å². The van der Waals surface area contributed by atoms with Crippen molar-refractivity contribution in [3.8, 4) is 17.0 Å². The van der Waals surface area contributed by atoms with Gasteiger partial charge in [0.05, 0.1) is 19.3 Å². The molecule has 2 aromatic rings. The molecular formula is C18H23N3O2S.